The second kappa shape index (κ2) is 8.75. The summed E-state index contributed by atoms with van der Waals surface area (Å²) in [5.74, 6) is -0.328. The number of nitro benzene ring substituents is 1. The number of carboxylic acids is 1. The van der Waals surface area contributed by atoms with Gasteiger partial charge >= 0.3 is 5.97 Å². The maximum Gasteiger partial charge on any atom is 0.352 e. The molecule has 1 heterocycles. The van der Waals surface area contributed by atoms with E-state index in [4.69, 9.17) is 16.3 Å². The van der Waals surface area contributed by atoms with E-state index in [1.807, 2.05) is 32.9 Å². The van der Waals surface area contributed by atoms with Crippen molar-refractivity contribution in [1.29, 1.82) is 0 Å². The predicted molar refractivity (Wildman–Crippen MR) is 116 cm³/mol. The standard InChI is InChI=1S/C22H23ClN2O5/c1-4-17-18-12-15(25(28)29)6-7-19(18)24(21(17)22(26)27)8-5-9-30-16-10-13(2)20(23)14(3)11-16/h6-7,10-12H,4-5,8-9H2,1-3H3,(H,26,27). The van der Waals surface area contributed by atoms with E-state index < -0.39 is 10.9 Å². The summed E-state index contributed by atoms with van der Waals surface area (Å²) in [7, 11) is 0. The smallest absolute Gasteiger partial charge is 0.352 e. The van der Waals surface area contributed by atoms with Crippen LogP contribution in [0.15, 0.2) is 30.3 Å². The number of halogens is 1. The average molecular weight is 431 g/mol. The quantitative estimate of drug-likeness (QED) is 0.287. The van der Waals surface area contributed by atoms with Gasteiger partial charge in [0.15, 0.2) is 0 Å². The van der Waals surface area contributed by atoms with Crippen molar-refractivity contribution in [2.75, 3.05) is 6.61 Å². The summed E-state index contributed by atoms with van der Waals surface area (Å²) in [5, 5.41) is 22.2. The molecule has 0 spiro atoms. The molecule has 0 saturated carbocycles. The molecule has 0 fully saturated rings. The van der Waals surface area contributed by atoms with Gasteiger partial charge in [0.25, 0.3) is 5.69 Å². The highest BCUT2D eigenvalue weighted by atomic mass is 35.5. The van der Waals surface area contributed by atoms with Crippen molar-refractivity contribution in [3.05, 3.63) is 67.9 Å². The van der Waals surface area contributed by atoms with Gasteiger partial charge in [-0.25, -0.2) is 4.79 Å². The molecule has 0 atom stereocenters. The predicted octanol–water partition coefficient (Wildman–Crippen LogP) is 5.55. The average Bonchev–Trinajstić information content (AvgIpc) is 3.02. The lowest BCUT2D eigenvalue weighted by molar-refractivity contribution is -0.384. The van der Waals surface area contributed by atoms with Gasteiger partial charge < -0.3 is 14.4 Å². The monoisotopic (exact) mass is 430 g/mol. The van der Waals surface area contributed by atoms with E-state index >= 15 is 0 Å². The summed E-state index contributed by atoms with van der Waals surface area (Å²) >= 11 is 6.18. The van der Waals surface area contributed by atoms with Crippen LogP contribution in [-0.4, -0.2) is 27.2 Å². The van der Waals surface area contributed by atoms with Crippen LogP contribution in [0, 0.1) is 24.0 Å². The number of fused-ring (bicyclic) bond motifs is 1. The Labute approximate surface area is 179 Å². The third-order valence-corrected chi connectivity index (χ3v) is 5.72. The summed E-state index contributed by atoms with van der Waals surface area (Å²) in [6, 6.07) is 8.22. The normalized spacial score (nSPS) is 11.1. The topological polar surface area (TPSA) is 94.6 Å². The van der Waals surface area contributed by atoms with Crippen LogP contribution >= 0.6 is 11.6 Å². The summed E-state index contributed by atoms with van der Waals surface area (Å²) in [6.07, 6.45) is 1.04. The number of aryl methyl sites for hydroxylation is 4. The highest BCUT2D eigenvalue weighted by molar-refractivity contribution is 6.32. The molecule has 3 rings (SSSR count). The van der Waals surface area contributed by atoms with Gasteiger partial charge in [-0.1, -0.05) is 18.5 Å². The van der Waals surface area contributed by atoms with Crippen molar-refractivity contribution in [3.63, 3.8) is 0 Å². The van der Waals surface area contributed by atoms with Gasteiger partial charge in [-0.05, 0) is 61.6 Å². The van der Waals surface area contributed by atoms with Gasteiger partial charge in [-0.15, -0.1) is 0 Å². The highest BCUT2D eigenvalue weighted by Gasteiger charge is 2.23. The summed E-state index contributed by atoms with van der Waals surface area (Å²) in [4.78, 5) is 22.6. The number of ether oxygens (including phenoxy) is 1. The number of carboxylic acid groups (broad SMARTS) is 1. The minimum absolute atomic E-state index is 0.0527. The summed E-state index contributed by atoms with van der Waals surface area (Å²) < 4.78 is 7.54. The molecule has 0 amide bonds. The summed E-state index contributed by atoms with van der Waals surface area (Å²) in [6.45, 7) is 6.49. The zero-order chi connectivity index (χ0) is 22.0. The molecule has 1 N–H and O–H groups in total. The molecule has 30 heavy (non-hydrogen) atoms. The van der Waals surface area contributed by atoms with E-state index in [9.17, 15) is 20.0 Å². The van der Waals surface area contributed by atoms with Gasteiger partial charge in [-0.2, -0.15) is 0 Å². The van der Waals surface area contributed by atoms with Crippen molar-refractivity contribution >= 4 is 34.2 Å². The molecule has 158 valence electrons. The Balaban J connectivity index is 1.85. The zero-order valence-electron chi connectivity index (χ0n) is 17.1. The van der Waals surface area contributed by atoms with Crippen LogP contribution in [0.4, 0.5) is 5.69 Å². The first-order valence-corrected chi connectivity index (χ1v) is 10.0. The SMILES string of the molecule is CCc1c(C(=O)O)n(CCCOc2cc(C)c(Cl)c(C)c2)c2ccc([N+](=O)[O-])cc12. The maximum absolute atomic E-state index is 12.0. The lowest BCUT2D eigenvalue weighted by Gasteiger charge is -2.12. The number of benzene rings is 2. The first kappa shape index (κ1) is 21.6. The van der Waals surface area contributed by atoms with E-state index in [2.05, 4.69) is 0 Å². The van der Waals surface area contributed by atoms with Crippen LogP contribution in [-0.2, 0) is 13.0 Å². The van der Waals surface area contributed by atoms with Crippen LogP contribution in [0.5, 0.6) is 5.75 Å². The fourth-order valence-electron chi connectivity index (χ4n) is 3.76. The molecule has 2 aromatic carbocycles. The Morgan fingerprint density at radius 1 is 1.23 bits per heavy atom. The first-order chi connectivity index (χ1) is 14.2. The van der Waals surface area contributed by atoms with Gasteiger partial charge in [0.2, 0.25) is 0 Å². The van der Waals surface area contributed by atoms with Crippen LogP contribution in [0.25, 0.3) is 10.9 Å². The molecule has 1 aromatic heterocycles. The molecule has 3 aromatic rings. The van der Waals surface area contributed by atoms with E-state index in [0.717, 1.165) is 16.9 Å². The minimum atomic E-state index is -1.05. The highest BCUT2D eigenvalue weighted by Crippen LogP contribution is 2.31. The molecule has 0 radical (unpaired) electrons. The molecule has 0 saturated heterocycles. The fraction of sp³-hybridized carbons (Fsp3) is 0.318. The van der Waals surface area contributed by atoms with Crippen molar-refractivity contribution in [3.8, 4) is 5.75 Å². The number of carbonyl (C=O) groups is 1. The van der Waals surface area contributed by atoms with Crippen LogP contribution < -0.4 is 4.74 Å². The number of aromatic nitrogens is 1. The Morgan fingerprint density at radius 2 is 1.90 bits per heavy atom. The fourth-order valence-corrected chi connectivity index (χ4v) is 3.87. The van der Waals surface area contributed by atoms with Crippen LogP contribution in [0.1, 0.15) is 40.5 Å². The number of nitro groups is 1. The molecule has 0 aliphatic carbocycles. The van der Waals surface area contributed by atoms with Gasteiger partial charge in [0.1, 0.15) is 11.4 Å². The van der Waals surface area contributed by atoms with Crippen LogP contribution in [0.3, 0.4) is 0 Å². The second-order valence-electron chi connectivity index (χ2n) is 7.17. The minimum Gasteiger partial charge on any atom is -0.494 e. The van der Waals surface area contributed by atoms with Gasteiger partial charge in [0.05, 0.1) is 11.5 Å². The zero-order valence-corrected chi connectivity index (χ0v) is 17.8. The van der Waals surface area contributed by atoms with E-state index in [0.29, 0.717) is 47.5 Å². The maximum atomic E-state index is 12.0. The molecule has 0 aliphatic rings. The van der Waals surface area contributed by atoms with Crippen molar-refractivity contribution in [2.24, 2.45) is 0 Å². The molecular formula is C22H23ClN2O5. The number of non-ortho nitro benzene ring substituents is 1. The number of hydrogen-bond acceptors (Lipinski definition) is 4. The lowest BCUT2D eigenvalue weighted by Crippen LogP contribution is -2.12. The van der Waals surface area contributed by atoms with Gasteiger partial charge in [0, 0.05) is 34.6 Å². The third kappa shape index (κ3) is 4.11. The van der Waals surface area contributed by atoms with E-state index in [1.165, 1.54) is 12.1 Å². The Kier molecular flexibility index (Phi) is 6.31. The number of aromatic carboxylic acids is 1. The van der Waals surface area contributed by atoms with Crippen molar-refractivity contribution in [1.82, 2.24) is 4.57 Å². The first-order valence-electron chi connectivity index (χ1n) is 9.67. The van der Waals surface area contributed by atoms with E-state index in [1.54, 1.807) is 10.6 Å². The van der Waals surface area contributed by atoms with E-state index in [-0.39, 0.29) is 11.4 Å². The van der Waals surface area contributed by atoms with Gasteiger partial charge in [-0.3, -0.25) is 10.1 Å². The lowest BCUT2D eigenvalue weighted by atomic mass is 10.1. The molecular weight excluding hydrogens is 408 g/mol. The molecule has 0 aliphatic heterocycles. The molecule has 0 bridgehead atoms. The molecule has 0 unspecified atom stereocenters. The van der Waals surface area contributed by atoms with Crippen molar-refractivity contribution in [2.45, 2.75) is 40.2 Å². The summed E-state index contributed by atoms with van der Waals surface area (Å²) in [5.41, 5.74) is 3.27. The molecule has 7 nitrogen and oxygen atoms in total. The Bertz CT molecular complexity index is 1110. The number of rotatable bonds is 8. The number of nitrogens with zero attached hydrogens (tertiary/aromatic N) is 2. The van der Waals surface area contributed by atoms with Crippen molar-refractivity contribution < 1.29 is 19.6 Å². The number of hydrogen-bond donors (Lipinski definition) is 1. The van der Waals surface area contributed by atoms with Crippen LogP contribution in [0.2, 0.25) is 5.02 Å². The third-order valence-electron chi connectivity index (χ3n) is 5.12. The Hall–Kier alpha value is -3.06. The second-order valence-corrected chi connectivity index (χ2v) is 7.55. The molecule has 8 heteroatoms. The largest absolute Gasteiger partial charge is 0.494 e. The Morgan fingerprint density at radius 3 is 2.47 bits per heavy atom.